The van der Waals surface area contributed by atoms with Crippen LogP contribution < -0.4 is 5.56 Å². The Bertz CT molecular complexity index is 901. The van der Waals surface area contributed by atoms with Crippen LogP contribution in [-0.4, -0.2) is 54.3 Å². The molecule has 0 saturated carbocycles. The molecule has 0 N–H and O–H groups in total. The molecule has 6 heteroatoms. The number of hydrogen-bond donors (Lipinski definition) is 0. The molecular formula is C24H33N3O3. The standard InChI is InChI=1S/C24H33N3O3/c1-25(11-18-4-7-29-8-5-18)15-21-2-3-23-22-10-20(14-27(23)24(21)28)13-26(16-22)12-19-6-9-30-17-19/h2-3,6,9,17-18,20,22H,4-5,7-8,10-16H2,1H3/t20-,22+/m0/s1. The third-order valence-corrected chi connectivity index (χ3v) is 7.10. The number of aromatic nitrogens is 1. The van der Waals surface area contributed by atoms with E-state index in [1.54, 1.807) is 6.26 Å². The zero-order chi connectivity index (χ0) is 20.5. The fourth-order valence-electron chi connectivity index (χ4n) is 5.71. The number of fused-ring (bicyclic) bond motifs is 4. The minimum Gasteiger partial charge on any atom is -0.472 e. The summed E-state index contributed by atoms with van der Waals surface area (Å²) >= 11 is 0. The first-order chi connectivity index (χ1) is 14.7. The van der Waals surface area contributed by atoms with Crippen molar-refractivity contribution in [3.8, 4) is 0 Å². The third-order valence-electron chi connectivity index (χ3n) is 7.10. The second-order valence-electron chi connectivity index (χ2n) is 9.58. The maximum Gasteiger partial charge on any atom is 0.255 e. The van der Waals surface area contributed by atoms with Crippen LogP contribution in [0.1, 0.15) is 42.0 Å². The van der Waals surface area contributed by atoms with Gasteiger partial charge in [-0.15, -0.1) is 0 Å². The molecule has 0 spiro atoms. The molecule has 2 saturated heterocycles. The average molecular weight is 412 g/mol. The van der Waals surface area contributed by atoms with Crippen molar-refractivity contribution in [1.82, 2.24) is 14.4 Å². The summed E-state index contributed by atoms with van der Waals surface area (Å²) in [7, 11) is 2.14. The van der Waals surface area contributed by atoms with E-state index in [1.807, 2.05) is 12.3 Å². The van der Waals surface area contributed by atoms with E-state index in [9.17, 15) is 4.79 Å². The average Bonchev–Trinajstić information content (AvgIpc) is 3.24. The molecule has 2 aromatic rings. The minimum absolute atomic E-state index is 0.226. The van der Waals surface area contributed by atoms with Gasteiger partial charge in [0.1, 0.15) is 0 Å². The molecule has 6 nitrogen and oxygen atoms in total. The van der Waals surface area contributed by atoms with Crippen molar-refractivity contribution in [2.75, 3.05) is 39.9 Å². The molecule has 0 amide bonds. The number of nitrogens with zero attached hydrogens (tertiary/aromatic N) is 3. The van der Waals surface area contributed by atoms with E-state index < -0.39 is 0 Å². The van der Waals surface area contributed by atoms with Gasteiger partial charge in [-0.1, -0.05) is 6.07 Å². The molecule has 5 rings (SSSR count). The Kier molecular flexibility index (Phi) is 5.81. The van der Waals surface area contributed by atoms with Crippen LogP contribution in [0, 0.1) is 11.8 Å². The Labute approximate surface area is 178 Å². The van der Waals surface area contributed by atoms with Gasteiger partial charge >= 0.3 is 0 Å². The Hall–Kier alpha value is -1.89. The highest BCUT2D eigenvalue weighted by Gasteiger charge is 2.35. The molecule has 5 heterocycles. The summed E-state index contributed by atoms with van der Waals surface area (Å²) in [6, 6.07) is 6.36. The molecule has 3 aliphatic heterocycles. The summed E-state index contributed by atoms with van der Waals surface area (Å²) in [6.07, 6.45) is 7.05. The first-order valence-electron chi connectivity index (χ1n) is 11.4. The van der Waals surface area contributed by atoms with Crippen LogP contribution in [0.5, 0.6) is 0 Å². The number of pyridine rings is 1. The van der Waals surface area contributed by atoms with Gasteiger partial charge in [0.15, 0.2) is 0 Å². The molecule has 2 bridgehead atoms. The molecule has 162 valence electrons. The highest BCUT2D eigenvalue weighted by Crippen LogP contribution is 2.35. The fraction of sp³-hybridized carbons (Fsp3) is 0.625. The van der Waals surface area contributed by atoms with E-state index in [0.29, 0.717) is 17.8 Å². The van der Waals surface area contributed by atoms with Crippen molar-refractivity contribution in [3.63, 3.8) is 0 Å². The molecule has 0 aromatic carbocycles. The normalized spacial score (nSPS) is 24.9. The summed E-state index contributed by atoms with van der Waals surface area (Å²) in [6.45, 7) is 7.39. The van der Waals surface area contributed by atoms with Crippen molar-refractivity contribution in [3.05, 3.63) is 57.9 Å². The Morgan fingerprint density at radius 1 is 1.13 bits per heavy atom. The van der Waals surface area contributed by atoms with E-state index >= 15 is 0 Å². The lowest BCUT2D eigenvalue weighted by Gasteiger charge is -2.43. The maximum atomic E-state index is 13.3. The van der Waals surface area contributed by atoms with Crippen molar-refractivity contribution in [2.24, 2.45) is 11.8 Å². The van der Waals surface area contributed by atoms with Crippen molar-refractivity contribution < 1.29 is 9.15 Å². The van der Waals surface area contributed by atoms with Gasteiger partial charge < -0.3 is 18.6 Å². The van der Waals surface area contributed by atoms with Gasteiger partial charge in [0.05, 0.1) is 12.5 Å². The van der Waals surface area contributed by atoms with Crippen molar-refractivity contribution >= 4 is 0 Å². The van der Waals surface area contributed by atoms with Crippen LogP contribution >= 0.6 is 0 Å². The largest absolute Gasteiger partial charge is 0.472 e. The fourth-order valence-corrected chi connectivity index (χ4v) is 5.71. The van der Waals surface area contributed by atoms with Crippen molar-refractivity contribution in [2.45, 2.75) is 44.8 Å². The molecule has 2 fully saturated rings. The second kappa shape index (κ2) is 8.69. The van der Waals surface area contributed by atoms with Gasteiger partial charge in [-0.25, -0.2) is 0 Å². The van der Waals surface area contributed by atoms with Crippen LogP contribution in [0.15, 0.2) is 39.9 Å². The molecule has 0 radical (unpaired) electrons. The van der Waals surface area contributed by atoms with E-state index in [1.165, 1.54) is 17.7 Å². The lowest BCUT2D eigenvalue weighted by molar-refractivity contribution is 0.0549. The molecular weight excluding hydrogens is 378 g/mol. The molecule has 0 unspecified atom stereocenters. The topological polar surface area (TPSA) is 50.9 Å². The minimum atomic E-state index is 0.226. The zero-order valence-corrected chi connectivity index (χ0v) is 18.0. The van der Waals surface area contributed by atoms with Gasteiger partial charge in [0.2, 0.25) is 0 Å². The maximum absolute atomic E-state index is 13.3. The summed E-state index contributed by atoms with van der Waals surface area (Å²) in [4.78, 5) is 18.1. The number of ether oxygens (including phenoxy) is 1. The Morgan fingerprint density at radius 2 is 2.00 bits per heavy atom. The molecule has 0 aliphatic carbocycles. The van der Waals surface area contributed by atoms with Crippen LogP contribution in [-0.2, 0) is 24.4 Å². The van der Waals surface area contributed by atoms with Gasteiger partial charge in [-0.2, -0.15) is 0 Å². The zero-order valence-electron chi connectivity index (χ0n) is 18.0. The number of hydrogen-bond acceptors (Lipinski definition) is 5. The van der Waals surface area contributed by atoms with E-state index in [4.69, 9.17) is 9.15 Å². The first kappa shape index (κ1) is 20.0. The number of piperidine rings is 1. The second-order valence-corrected chi connectivity index (χ2v) is 9.58. The quantitative estimate of drug-likeness (QED) is 0.732. The Morgan fingerprint density at radius 3 is 2.80 bits per heavy atom. The molecule has 2 aromatic heterocycles. The van der Waals surface area contributed by atoms with Gasteiger partial charge in [0, 0.05) is 75.2 Å². The smallest absolute Gasteiger partial charge is 0.255 e. The molecule has 3 aliphatic rings. The number of likely N-dealkylation sites (tertiary alicyclic amines) is 1. The van der Waals surface area contributed by atoms with Gasteiger partial charge in [0.25, 0.3) is 5.56 Å². The predicted octanol–water partition coefficient (Wildman–Crippen LogP) is 2.92. The van der Waals surface area contributed by atoms with Gasteiger partial charge in [-0.05, 0) is 50.3 Å². The predicted molar refractivity (Wildman–Crippen MR) is 115 cm³/mol. The number of rotatable bonds is 6. The highest BCUT2D eigenvalue weighted by molar-refractivity contribution is 5.22. The molecule has 2 atom stereocenters. The lowest BCUT2D eigenvalue weighted by Crippen LogP contribution is -2.47. The summed E-state index contributed by atoms with van der Waals surface area (Å²) in [5.41, 5.74) is 3.62. The van der Waals surface area contributed by atoms with Crippen LogP contribution in [0.3, 0.4) is 0 Å². The van der Waals surface area contributed by atoms with Crippen LogP contribution in [0.4, 0.5) is 0 Å². The first-order valence-corrected chi connectivity index (χ1v) is 11.4. The van der Waals surface area contributed by atoms with E-state index in [-0.39, 0.29) is 5.56 Å². The van der Waals surface area contributed by atoms with E-state index in [2.05, 4.69) is 33.5 Å². The Balaban J connectivity index is 1.27. The monoisotopic (exact) mass is 411 g/mol. The highest BCUT2D eigenvalue weighted by atomic mass is 16.5. The lowest BCUT2D eigenvalue weighted by atomic mass is 9.83. The van der Waals surface area contributed by atoms with Crippen LogP contribution in [0.25, 0.3) is 0 Å². The van der Waals surface area contributed by atoms with Crippen molar-refractivity contribution in [1.29, 1.82) is 0 Å². The van der Waals surface area contributed by atoms with Crippen LogP contribution in [0.2, 0.25) is 0 Å². The molecule has 30 heavy (non-hydrogen) atoms. The summed E-state index contributed by atoms with van der Waals surface area (Å²) in [5, 5.41) is 0. The summed E-state index contributed by atoms with van der Waals surface area (Å²) < 4.78 is 12.8. The third kappa shape index (κ3) is 4.27. The SMILES string of the molecule is CN(Cc1ccc2n(c1=O)C[C@H]1C[C@@H]2CN(Cc2ccoc2)C1)CC1CCOCC1. The summed E-state index contributed by atoms with van der Waals surface area (Å²) in [5.74, 6) is 1.69. The van der Waals surface area contributed by atoms with Gasteiger partial charge in [-0.3, -0.25) is 9.69 Å². The van der Waals surface area contributed by atoms with E-state index in [0.717, 1.165) is 70.9 Å². The number of furan rings is 1.